The van der Waals surface area contributed by atoms with E-state index in [0.29, 0.717) is 0 Å². The van der Waals surface area contributed by atoms with Crippen molar-refractivity contribution < 1.29 is 176 Å². The van der Waals surface area contributed by atoms with Crippen molar-refractivity contribution in [2.24, 2.45) is 10.2 Å². The van der Waals surface area contributed by atoms with Crippen LogP contribution in [-0.4, -0.2) is 50.1 Å². The van der Waals surface area contributed by atoms with Crippen LogP contribution in [0.2, 0.25) is 0 Å². The summed E-state index contributed by atoms with van der Waals surface area (Å²) in [7, 11) is -5.16. The Balaban J connectivity index is 0.00000338. The molecule has 0 amide bonds. The van der Waals surface area contributed by atoms with Gasteiger partial charge in [-0.25, -0.2) is 8.42 Å². The maximum atomic E-state index is 12.1. The van der Waals surface area contributed by atoms with Crippen LogP contribution in [0.25, 0.3) is 10.8 Å². The van der Waals surface area contributed by atoms with Gasteiger partial charge >= 0.3 is 124 Å². The number of phenolic OH excluding ortho intramolecular Hbond substituents is 1. The number of aromatic hydroxyl groups is 2. The van der Waals surface area contributed by atoms with Crippen LogP contribution in [0.1, 0.15) is 20.7 Å². The van der Waals surface area contributed by atoms with E-state index < -0.39 is 56.3 Å². The quantitative estimate of drug-likeness (QED) is 0.0228. The second-order valence-electron chi connectivity index (χ2n) is 9.18. The van der Waals surface area contributed by atoms with Gasteiger partial charge in [-0.1, -0.05) is 36.4 Å². The van der Waals surface area contributed by atoms with E-state index in [1.165, 1.54) is 48.5 Å². The summed E-state index contributed by atoms with van der Waals surface area (Å²) in [6.45, 7) is 0. The number of carbonyl (C=O) groups excluding carboxylic acids is 2. The van der Waals surface area contributed by atoms with Crippen LogP contribution in [0.4, 0.5) is 34.6 Å². The van der Waals surface area contributed by atoms with E-state index in [1.54, 1.807) is 0 Å². The van der Waals surface area contributed by atoms with Gasteiger partial charge in [0.2, 0.25) is 11.9 Å². The second-order valence-corrected chi connectivity index (χ2v) is 11.3. The molecule has 0 bridgehead atoms. The Hall–Kier alpha value is -1.97. The third-order valence-electron chi connectivity index (χ3n) is 6.21. The zero-order valence-electron chi connectivity index (χ0n) is 27.4. The molecule has 0 aliphatic carbocycles. The predicted molar refractivity (Wildman–Crippen MR) is 155 cm³/mol. The first-order chi connectivity index (χ1) is 22.8. The maximum Gasteiger partial charge on any atom is 1.00 e. The summed E-state index contributed by atoms with van der Waals surface area (Å²) in [4.78, 5) is 33.4. The second kappa shape index (κ2) is 21.2. The SMILES string of the molecule is O=C([O-])c1ccccc1N=Nc1c(SOO[O-])cc2cc(S(=O)(=O)[O-])cc(Nc3nc(O)nc(Nc4ccccc4C(=O)[O-])n3)c2c1O.[Na+].[Na+].[Na+].[Na+]. The number of rotatable bonds is 12. The number of carboxylic acids is 2. The van der Waals surface area contributed by atoms with E-state index in [0.717, 1.165) is 18.2 Å². The molecule has 5 aromatic rings. The maximum absolute atomic E-state index is 12.1. The minimum atomic E-state index is -5.16. The van der Waals surface area contributed by atoms with Gasteiger partial charge in [-0.2, -0.15) is 19.3 Å². The molecule has 4 N–H and O–H groups in total. The molecule has 246 valence electrons. The van der Waals surface area contributed by atoms with E-state index in [9.17, 15) is 48.2 Å². The number of aromatic carboxylic acids is 2. The molecule has 1 aromatic heterocycles. The minimum Gasteiger partial charge on any atom is -0.744 e. The molecule has 0 aliphatic heterocycles. The number of hydrogen-bond donors (Lipinski definition) is 4. The molecular formula is C27H15N7Na4O12S2. The van der Waals surface area contributed by atoms with Gasteiger partial charge in [0.05, 0.1) is 45.1 Å². The van der Waals surface area contributed by atoms with Crippen LogP contribution in [0.5, 0.6) is 11.8 Å². The van der Waals surface area contributed by atoms with Crippen LogP contribution in [0.3, 0.4) is 0 Å². The number of nitrogens with zero attached hydrogens (tertiary/aromatic N) is 5. The molecule has 0 radical (unpaired) electrons. The number of carboxylic acid groups (broad SMARTS) is 2. The molecular weight excluding hydrogens is 770 g/mol. The molecule has 0 unspecified atom stereocenters. The van der Waals surface area contributed by atoms with Gasteiger partial charge in [0.1, 0.15) is 15.8 Å². The zero-order chi connectivity index (χ0) is 34.6. The summed E-state index contributed by atoms with van der Waals surface area (Å²) in [6, 6.07) is 12.7. The molecule has 1 heterocycles. The van der Waals surface area contributed by atoms with Crippen LogP contribution >= 0.6 is 12.0 Å². The van der Waals surface area contributed by atoms with Crippen molar-refractivity contribution in [1.29, 1.82) is 0 Å². The Morgan fingerprint density at radius 2 is 1.37 bits per heavy atom. The molecule has 19 nitrogen and oxygen atoms in total. The van der Waals surface area contributed by atoms with E-state index in [1.807, 2.05) is 0 Å². The van der Waals surface area contributed by atoms with Gasteiger partial charge in [-0.3, -0.25) is 5.04 Å². The topological polar surface area (TPSA) is 307 Å². The first kappa shape index (κ1) is 48.0. The first-order valence-corrected chi connectivity index (χ1v) is 14.9. The van der Waals surface area contributed by atoms with E-state index in [2.05, 4.69) is 45.2 Å². The molecule has 5 rings (SSSR count). The fraction of sp³-hybridized carbons (Fsp3) is 0. The summed E-state index contributed by atoms with van der Waals surface area (Å²) in [5, 5.41) is 71.1. The van der Waals surface area contributed by atoms with Crippen molar-refractivity contribution in [2.45, 2.75) is 9.79 Å². The average molecular weight is 786 g/mol. The molecule has 0 aliphatic rings. The van der Waals surface area contributed by atoms with Crippen molar-refractivity contribution in [3.05, 3.63) is 77.9 Å². The van der Waals surface area contributed by atoms with Crippen LogP contribution in [0.15, 0.2) is 86.7 Å². The molecule has 0 spiro atoms. The number of azo groups is 1. The van der Waals surface area contributed by atoms with Gasteiger partial charge in [-0.05, 0) is 35.7 Å². The largest absolute Gasteiger partial charge is 1.00 e. The Kier molecular flexibility index (Phi) is 19.6. The number of para-hydroxylation sites is 1. The van der Waals surface area contributed by atoms with Gasteiger partial charge in [0.15, 0.2) is 5.75 Å². The summed E-state index contributed by atoms with van der Waals surface area (Å²) in [5.74, 6) is -4.77. The molecule has 52 heavy (non-hydrogen) atoms. The van der Waals surface area contributed by atoms with E-state index in [4.69, 9.17) is 0 Å². The Morgan fingerprint density at radius 1 is 0.788 bits per heavy atom. The number of nitrogens with one attached hydrogen (secondary N) is 2. The Labute approximate surface area is 385 Å². The minimum absolute atomic E-state index is 0. The van der Waals surface area contributed by atoms with E-state index in [-0.39, 0.29) is 174 Å². The number of hydrogen-bond acceptors (Lipinski definition) is 20. The van der Waals surface area contributed by atoms with Gasteiger partial charge in [0, 0.05) is 22.2 Å². The number of aromatic nitrogens is 3. The predicted octanol–water partition coefficient (Wildman–Crippen LogP) is -10.8. The van der Waals surface area contributed by atoms with Gasteiger partial charge in [0.25, 0.3) is 0 Å². The number of carbonyl (C=O) groups is 2. The zero-order valence-corrected chi connectivity index (χ0v) is 37.0. The number of fused-ring (bicyclic) bond motifs is 1. The van der Waals surface area contributed by atoms with Crippen molar-refractivity contribution in [2.75, 3.05) is 10.6 Å². The molecule has 0 atom stereocenters. The van der Waals surface area contributed by atoms with Crippen LogP contribution in [0, 0.1) is 0 Å². The monoisotopic (exact) mass is 785 g/mol. The van der Waals surface area contributed by atoms with Crippen LogP contribution < -0.4 is 144 Å². The summed E-state index contributed by atoms with van der Waals surface area (Å²) < 4.78 is 40.5. The third kappa shape index (κ3) is 11.8. The molecule has 4 aromatic carbocycles. The fourth-order valence-corrected chi connectivity index (χ4v) is 5.26. The summed E-state index contributed by atoms with van der Waals surface area (Å²) >= 11 is 0.207. The van der Waals surface area contributed by atoms with Crippen molar-refractivity contribution in [3.63, 3.8) is 0 Å². The number of benzene rings is 4. The number of phenols is 1. The first-order valence-electron chi connectivity index (χ1n) is 12.8. The Morgan fingerprint density at radius 3 is 1.96 bits per heavy atom. The molecule has 0 fully saturated rings. The summed E-state index contributed by atoms with van der Waals surface area (Å²) in [6.07, 6.45) is 0. The third-order valence-corrected chi connectivity index (χ3v) is 7.64. The standard InChI is InChI=1S/C27H19N7O12S2.4Na/c35-22-20-12(10-19(47-46-45-41)21(22)34-33-17-8-4-2-6-15(17)24(38)39)9-13(48(42,43)44)11-18(20)29-26-30-25(31-27(40)32-26)28-16-7-3-1-5-14(16)23(36)37;;;;/h1-11,35,41H,(H,36,37)(H,38,39)(H,42,43,44)(H3,28,29,30,31,32,40);;;;/q;4*+1/p-4. The van der Waals surface area contributed by atoms with Crippen molar-refractivity contribution in [3.8, 4) is 11.8 Å². The van der Waals surface area contributed by atoms with Crippen molar-refractivity contribution >= 4 is 79.5 Å². The van der Waals surface area contributed by atoms with E-state index >= 15 is 0 Å². The normalized spacial score (nSPS) is 10.7. The summed E-state index contributed by atoms with van der Waals surface area (Å²) in [5.41, 5.74) is -1.65. The molecule has 0 saturated heterocycles. The fourth-order valence-electron chi connectivity index (χ4n) is 4.24. The van der Waals surface area contributed by atoms with Crippen LogP contribution in [-0.2, 0) is 19.5 Å². The van der Waals surface area contributed by atoms with Crippen molar-refractivity contribution in [1.82, 2.24) is 15.0 Å². The molecule has 0 saturated carbocycles. The number of anilines is 4. The Bertz CT molecular complexity index is 2240. The molecule has 25 heteroatoms. The van der Waals surface area contributed by atoms with Gasteiger partial charge < -0.3 is 50.5 Å². The average Bonchev–Trinajstić information content (AvgIpc) is 3.02. The smallest absolute Gasteiger partial charge is 0.744 e. The van der Waals surface area contributed by atoms with Gasteiger partial charge in [-0.15, -0.1) is 10.2 Å².